The predicted molar refractivity (Wildman–Crippen MR) is 147 cm³/mol. The predicted octanol–water partition coefficient (Wildman–Crippen LogP) is 4.95. The van der Waals surface area contributed by atoms with Crippen molar-refractivity contribution in [2.24, 2.45) is 0 Å². The molecule has 1 heterocycles. The number of benzene rings is 2. The molecule has 37 heavy (non-hydrogen) atoms. The summed E-state index contributed by atoms with van der Waals surface area (Å²) in [5, 5.41) is 11.1. The van der Waals surface area contributed by atoms with Crippen molar-refractivity contribution in [3.63, 3.8) is 0 Å². The Hall–Kier alpha value is -3.27. The molecule has 1 unspecified atom stereocenters. The number of carboxylic acid groups (broad SMARTS) is 1. The second-order valence-corrected chi connectivity index (χ2v) is 8.69. The van der Waals surface area contributed by atoms with Gasteiger partial charge in [0.05, 0.1) is 19.3 Å². The zero-order chi connectivity index (χ0) is 26.1. The van der Waals surface area contributed by atoms with E-state index in [1.165, 1.54) is 9.91 Å². The Morgan fingerprint density at radius 1 is 1.03 bits per heavy atom. The van der Waals surface area contributed by atoms with Crippen molar-refractivity contribution in [1.82, 2.24) is 15.3 Å². The van der Waals surface area contributed by atoms with Gasteiger partial charge in [-0.2, -0.15) is 0 Å². The lowest BCUT2D eigenvalue weighted by Crippen LogP contribution is -2.43. The number of hydrazine groups is 1. The summed E-state index contributed by atoms with van der Waals surface area (Å²) < 4.78 is 11.4. The van der Waals surface area contributed by atoms with E-state index in [0.717, 1.165) is 12.1 Å². The first-order chi connectivity index (χ1) is 17.3. The van der Waals surface area contributed by atoms with E-state index in [1.807, 2.05) is 57.1 Å². The third kappa shape index (κ3) is 8.11. The molecule has 0 saturated heterocycles. The van der Waals surface area contributed by atoms with Crippen molar-refractivity contribution in [3.8, 4) is 11.5 Å². The smallest absolute Gasteiger partial charge is 0.411 e. The summed E-state index contributed by atoms with van der Waals surface area (Å²) in [7, 11) is 3.90. The normalized spacial score (nSPS) is 14.7. The van der Waals surface area contributed by atoms with Gasteiger partial charge in [0.1, 0.15) is 0 Å². The number of hydrogen-bond acceptors (Lipinski definition) is 6. The molecule has 202 valence electrons. The first-order valence-electron chi connectivity index (χ1n) is 12.2. The van der Waals surface area contributed by atoms with Crippen LogP contribution in [0.4, 0.5) is 10.5 Å². The fraction of sp³-hybridized carbons (Fsp3) is 0.407. The van der Waals surface area contributed by atoms with E-state index in [9.17, 15) is 14.7 Å². The Morgan fingerprint density at radius 3 is 2.32 bits per heavy atom. The van der Waals surface area contributed by atoms with Gasteiger partial charge in [-0.05, 0) is 89.3 Å². The van der Waals surface area contributed by atoms with Crippen LogP contribution in [0.3, 0.4) is 0 Å². The van der Waals surface area contributed by atoms with Crippen molar-refractivity contribution in [2.75, 3.05) is 45.3 Å². The van der Waals surface area contributed by atoms with E-state index in [1.54, 1.807) is 30.5 Å². The van der Waals surface area contributed by atoms with Crippen molar-refractivity contribution in [1.29, 1.82) is 0 Å². The minimum absolute atomic E-state index is 0. The van der Waals surface area contributed by atoms with E-state index < -0.39 is 6.09 Å². The van der Waals surface area contributed by atoms with Gasteiger partial charge in [0.25, 0.3) is 5.91 Å². The van der Waals surface area contributed by atoms with Gasteiger partial charge in [0, 0.05) is 24.0 Å². The van der Waals surface area contributed by atoms with Crippen LogP contribution in [0.5, 0.6) is 11.5 Å². The highest BCUT2D eigenvalue weighted by Gasteiger charge is 2.23. The molecule has 3 rings (SSSR count). The molecule has 1 aliphatic heterocycles. The highest BCUT2D eigenvalue weighted by atomic mass is 35.5. The van der Waals surface area contributed by atoms with E-state index in [0.29, 0.717) is 55.4 Å². The van der Waals surface area contributed by atoms with Crippen LogP contribution in [-0.2, 0) is 0 Å². The molecule has 0 saturated carbocycles. The van der Waals surface area contributed by atoms with Crippen LogP contribution >= 0.6 is 12.4 Å². The summed E-state index contributed by atoms with van der Waals surface area (Å²) in [6.45, 7) is 6.09. The van der Waals surface area contributed by atoms with Gasteiger partial charge >= 0.3 is 6.09 Å². The molecule has 2 aromatic rings. The van der Waals surface area contributed by atoms with Crippen LogP contribution in [0.1, 0.15) is 48.7 Å². The van der Waals surface area contributed by atoms with E-state index in [-0.39, 0.29) is 24.4 Å². The van der Waals surface area contributed by atoms with Crippen LogP contribution in [0.15, 0.2) is 54.7 Å². The topological polar surface area (TPSA) is 94.6 Å². The van der Waals surface area contributed by atoms with Gasteiger partial charge in [-0.15, -0.1) is 12.4 Å². The van der Waals surface area contributed by atoms with Gasteiger partial charge in [-0.1, -0.05) is 12.1 Å². The molecule has 10 heteroatoms. The standard InChI is InChI=1S/C27H36N4O5.ClH/c1-5-35-24-15-12-21(19-25(24)36-6-2)23-9-7-18-31(28-23)26(32)20-10-13-22(14-11-20)30(27(33)34)17-8-16-29(3)4;/h7,10-15,18-19,23,28H,5-6,8-9,16-17H2,1-4H3,(H,33,34);1H. The monoisotopic (exact) mass is 532 g/mol. The van der Waals surface area contributed by atoms with E-state index >= 15 is 0 Å². The summed E-state index contributed by atoms with van der Waals surface area (Å²) in [4.78, 5) is 28.2. The Bertz CT molecular complexity index is 1060. The van der Waals surface area contributed by atoms with Crippen LogP contribution in [0.25, 0.3) is 0 Å². The number of ether oxygens (including phenoxy) is 2. The van der Waals surface area contributed by atoms with Crippen molar-refractivity contribution in [2.45, 2.75) is 32.7 Å². The first-order valence-corrected chi connectivity index (χ1v) is 12.2. The number of carbonyl (C=O) groups is 2. The number of carbonyl (C=O) groups excluding carboxylic acids is 1. The molecule has 1 aliphatic rings. The SMILES string of the molecule is CCOc1ccc(C2CC=CN(C(=O)c3ccc(N(CCCN(C)C)C(=O)O)cc3)N2)cc1OCC.Cl. The summed E-state index contributed by atoms with van der Waals surface area (Å²) in [5.41, 5.74) is 5.25. The lowest BCUT2D eigenvalue weighted by molar-refractivity contribution is 0.0713. The van der Waals surface area contributed by atoms with Crippen LogP contribution in [-0.4, -0.2) is 67.4 Å². The van der Waals surface area contributed by atoms with Crippen LogP contribution < -0.4 is 19.8 Å². The fourth-order valence-electron chi connectivity index (χ4n) is 3.99. The number of nitrogens with one attached hydrogen (secondary N) is 1. The second-order valence-electron chi connectivity index (χ2n) is 8.69. The van der Waals surface area contributed by atoms with E-state index in [2.05, 4.69) is 5.43 Å². The average molecular weight is 533 g/mol. The number of rotatable bonds is 11. The summed E-state index contributed by atoms with van der Waals surface area (Å²) in [6.07, 6.45) is 4.07. The molecule has 0 aliphatic carbocycles. The summed E-state index contributed by atoms with van der Waals surface area (Å²) >= 11 is 0. The zero-order valence-corrected chi connectivity index (χ0v) is 22.7. The van der Waals surface area contributed by atoms with E-state index in [4.69, 9.17) is 9.47 Å². The van der Waals surface area contributed by atoms with Crippen molar-refractivity contribution in [3.05, 3.63) is 65.9 Å². The molecule has 2 amide bonds. The highest BCUT2D eigenvalue weighted by molar-refractivity contribution is 5.95. The Kier molecular flexibility index (Phi) is 11.7. The minimum Gasteiger partial charge on any atom is -0.490 e. The van der Waals surface area contributed by atoms with Crippen LogP contribution in [0.2, 0.25) is 0 Å². The number of amides is 2. The highest BCUT2D eigenvalue weighted by Crippen LogP contribution is 2.33. The van der Waals surface area contributed by atoms with Gasteiger partial charge in [0.15, 0.2) is 11.5 Å². The molecule has 0 bridgehead atoms. The molecule has 0 fully saturated rings. The summed E-state index contributed by atoms with van der Waals surface area (Å²) in [6, 6.07) is 12.3. The molecular weight excluding hydrogens is 496 g/mol. The molecule has 1 atom stereocenters. The largest absolute Gasteiger partial charge is 0.490 e. The van der Waals surface area contributed by atoms with Gasteiger partial charge in [-0.3, -0.25) is 9.69 Å². The summed E-state index contributed by atoms with van der Waals surface area (Å²) in [5.74, 6) is 1.14. The van der Waals surface area contributed by atoms with Crippen molar-refractivity contribution < 1.29 is 24.2 Å². The maximum Gasteiger partial charge on any atom is 0.411 e. The third-order valence-electron chi connectivity index (χ3n) is 5.75. The molecular formula is C27H37ClN4O5. The molecule has 0 aromatic heterocycles. The molecule has 2 aromatic carbocycles. The van der Waals surface area contributed by atoms with Gasteiger partial charge < -0.3 is 19.5 Å². The van der Waals surface area contributed by atoms with Gasteiger partial charge in [0.2, 0.25) is 0 Å². The van der Waals surface area contributed by atoms with Gasteiger partial charge in [-0.25, -0.2) is 15.2 Å². The Morgan fingerprint density at radius 2 is 1.70 bits per heavy atom. The molecule has 0 radical (unpaired) electrons. The molecule has 2 N–H and O–H groups in total. The Labute approximate surface area is 225 Å². The first kappa shape index (κ1) is 30.0. The quantitative estimate of drug-likeness (QED) is 0.423. The number of nitrogens with zero attached hydrogens (tertiary/aromatic N) is 3. The Balaban J connectivity index is 0.00000481. The van der Waals surface area contributed by atoms with Crippen LogP contribution in [0, 0.1) is 0 Å². The average Bonchev–Trinajstić information content (AvgIpc) is 2.87. The van der Waals surface area contributed by atoms with Crippen molar-refractivity contribution >= 4 is 30.1 Å². The number of halogens is 1. The maximum atomic E-state index is 13.2. The molecule has 9 nitrogen and oxygen atoms in total. The zero-order valence-electron chi connectivity index (χ0n) is 21.8. The maximum absolute atomic E-state index is 13.2. The second kappa shape index (κ2) is 14.5. The number of hydrogen-bond donors (Lipinski definition) is 2. The lowest BCUT2D eigenvalue weighted by Gasteiger charge is -2.30. The lowest BCUT2D eigenvalue weighted by atomic mass is 10.0. The minimum atomic E-state index is -1.02. The molecule has 0 spiro atoms. The number of anilines is 1. The fourth-order valence-corrected chi connectivity index (χ4v) is 3.99. The third-order valence-corrected chi connectivity index (χ3v) is 5.75.